The van der Waals surface area contributed by atoms with Crippen molar-refractivity contribution in [1.29, 1.82) is 0 Å². The summed E-state index contributed by atoms with van der Waals surface area (Å²) in [6, 6.07) is 0. The van der Waals surface area contributed by atoms with Crippen LogP contribution in [0.15, 0.2) is 0 Å². The second-order valence-corrected chi connectivity index (χ2v) is 4.56. The molecular formula is C8H15BrOS. The molecule has 1 heterocycles. The van der Waals surface area contributed by atoms with E-state index in [2.05, 4.69) is 22.2 Å². The zero-order valence-corrected chi connectivity index (χ0v) is 9.34. The van der Waals surface area contributed by atoms with Gasteiger partial charge < -0.3 is 4.74 Å². The molecule has 0 saturated carbocycles. The second-order valence-electron chi connectivity index (χ2n) is 3.01. The van der Waals surface area contributed by atoms with E-state index in [9.17, 15) is 0 Å². The van der Waals surface area contributed by atoms with Crippen LogP contribution in [0, 0.1) is 0 Å². The van der Waals surface area contributed by atoms with E-state index in [1.54, 1.807) is 0 Å². The van der Waals surface area contributed by atoms with Crippen LogP contribution in [0.5, 0.6) is 0 Å². The Kier molecular flexibility index (Phi) is 4.24. The number of ether oxygens (including phenoxy) is 1. The van der Waals surface area contributed by atoms with Gasteiger partial charge in [-0.15, -0.1) is 0 Å². The van der Waals surface area contributed by atoms with Crippen molar-refractivity contribution >= 4 is 27.7 Å². The molecule has 0 aromatic carbocycles. The third-order valence-electron chi connectivity index (χ3n) is 2.19. The number of halogens is 1. The van der Waals surface area contributed by atoms with Gasteiger partial charge in [-0.2, -0.15) is 11.8 Å². The van der Waals surface area contributed by atoms with E-state index in [-0.39, 0.29) is 5.60 Å². The van der Waals surface area contributed by atoms with Gasteiger partial charge >= 0.3 is 0 Å². The van der Waals surface area contributed by atoms with Crippen molar-refractivity contribution in [2.45, 2.75) is 24.9 Å². The monoisotopic (exact) mass is 238 g/mol. The van der Waals surface area contributed by atoms with Gasteiger partial charge in [-0.25, -0.2) is 0 Å². The van der Waals surface area contributed by atoms with Gasteiger partial charge in [0.15, 0.2) is 0 Å². The third-order valence-corrected chi connectivity index (χ3v) is 3.82. The van der Waals surface area contributed by atoms with Crippen molar-refractivity contribution in [2.24, 2.45) is 0 Å². The number of thioether (sulfide) groups is 1. The number of hydrogen-bond acceptors (Lipinski definition) is 2. The molecule has 1 unspecified atom stereocenters. The second kappa shape index (κ2) is 4.73. The molecule has 0 amide bonds. The maximum absolute atomic E-state index is 5.73. The molecule has 0 bridgehead atoms. The fourth-order valence-electron chi connectivity index (χ4n) is 1.41. The predicted octanol–water partition coefficient (Wildman–Crippen LogP) is 2.68. The maximum Gasteiger partial charge on any atom is 0.0787 e. The first-order chi connectivity index (χ1) is 5.33. The highest BCUT2D eigenvalue weighted by atomic mass is 79.9. The quantitative estimate of drug-likeness (QED) is 0.697. The third kappa shape index (κ3) is 2.63. The number of alkyl halides is 1. The molecule has 0 radical (unpaired) electrons. The molecule has 11 heavy (non-hydrogen) atoms. The molecule has 1 nitrogen and oxygen atoms in total. The highest BCUT2D eigenvalue weighted by Gasteiger charge is 2.33. The summed E-state index contributed by atoms with van der Waals surface area (Å²) in [6.07, 6.45) is 5.81. The Morgan fingerprint density at radius 1 is 1.64 bits per heavy atom. The first-order valence-electron chi connectivity index (χ1n) is 4.02. The molecule has 1 aliphatic rings. The summed E-state index contributed by atoms with van der Waals surface area (Å²) in [5, 5.41) is 1.00. The zero-order valence-electron chi connectivity index (χ0n) is 6.94. The van der Waals surface area contributed by atoms with Crippen molar-refractivity contribution < 1.29 is 4.74 Å². The summed E-state index contributed by atoms with van der Waals surface area (Å²) >= 11 is 5.43. The highest BCUT2D eigenvalue weighted by molar-refractivity contribution is 9.09. The van der Waals surface area contributed by atoms with Crippen molar-refractivity contribution in [3.8, 4) is 0 Å². The SMILES string of the molecule is CSCCC1(CBr)CCCO1. The Morgan fingerprint density at radius 3 is 2.91 bits per heavy atom. The highest BCUT2D eigenvalue weighted by Crippen LogP contribution is 2.31. The maximum atomic E-state index is 5.73. The molecular weight excluding hydrogens is 224 g/mol. The van der Waals surface area contributed by atoms with Gasteiger partial charge in [-0.3, -0.25) is 0 Å². The van der Waals surface area contributed by atoms with Crippen LogP contribution in [0.3, 0.4) is 0 Å². The largest absolute Gasteiger partial charge is 0.374 e. The minimum Gasteiger partial charge on any atom is -0.374 e. The van der Waals surface area contributed by atoms with Crippen molar-refractivity contribution in [3.05, 3.63) is 0 Å². The van der Waals surface area contributed by atoms with Crippen LogP contribution in [-0.4, -0.2) is 29.5 Å². The van der Waals surface area contributed by atoms with E-state index >= 15 is 0 Å². The summed E-state index contributed by atoms with van der Waals surface area (Å²) in [4.78, 5) is 0. The Bertz CT molecular complexity index is 113. The zero-order chi connectivity index (χ0) is 8.16. The first-order valence-corrected chi connectivity index (χ1v) is 6.53. The van der Waals surface area contributed by atoms with Crippen molar-refractivity contribution in [1.82, 2.24) is 0 Å². The van der Waals surface area contributed by atoms with Gasteiger partial charge in [-0.1, -0.05) is 15.9 Å². The molecule has 1 atom stereocenters. The molecule has 0 spiro atoms. The Labute approximate surface area is 81.4 Å². The number of rotatable bonds is 4. The summed E-state index contributed by atoms with van der Waals surface area (Å²) < 4.78 is 5.73. The van der Waals surface area contributed by atoms with Gasteiger partial charge in [0.25, 0.3) is 0 Å². The molecule has 1 aliphatic heterocycles. The lowest BCUT2D eigenvalue weighted by Crippen LogP contribution is -2.30. The van der Waals surface area contributed by atoms with Gasteiger partial charge in [0.1, 0.15) is 0 Å². The van der Waals surface area contributed by atoms with Crippen LogP contribution in [0.25, 0.3) is 0 Å². The molecule has 1 saturated heterocycles. The molecule has 0 N–H and O–H groups in total. The van der Waals surface area contributed by atoms with E-state index in [0.717, 1.165) is 11.9 Å². The van der Waals surface area contributed by atoms with E-state index in [1.807, 2.05) is 11.8 Å². The summed E-state index contributed by atoms with van der Waals surface area (Å²) in [6.45, 7) is 0.958. The average Bonchev–Trinajstić information content (AvgIpc) is 2.50. The minimum atomic E-state index is 0.184. The summed E-state index contributed by atoms with van der Waals surface area (Å²) in [5.41, 5.74) is 0.184. The summed E-state index contributed by atoms with van der Waals surface area (Å²) in [7, 11) is 0. The van der Waals surface area contributed by atoms with E-state index in [1.165, 1.54) is 25.0 Å². The van der Waals surface area contributed by atoms with Crippen LogP contribution in [0.4, 0.5) is 0 Å². The smallest absolute Gasteiger partial charge is 0.0787 e. The Balaban J connectivity index is 2.33. The fourth-order valence-corrected chi connectivity index (χ4v) is 2.71. The van der Waals surface area contributed by atoms with E-state index < -0.39 is 0 Å². The lowest BCUT2D eigenvalue weighted by atomic mass is 10.00. The molecule has 0 aliphatic carbocycles. The first kappa shape index (κ1) is 9.87. The Morgan fingerprint density at radius 2 is 2.45 bits per heavy atom. The molecule has 1 rings (SSSR count). The molecule has 1 fully saturated rings. The minimum absolute atomic E-state index is 0.184. The van der Waals surface area contributed by atoms with Crippen LogP contribution in [-0.2, 0) is 4.74 Å². The molecule has 0 aromatic heterocycles. The van der Waals surface area contributed by atoms with Crippen LogP contribution >= 0.6 is 27.7 Å². The topological polar surface area (TPSA) is 9.23 Å². The van der Waals surface area contributed by atoms with Crippen LogP contribution in [0.2, 0.25) is 0 Å². The van der Waals surface area contributed by atoms with Crippen molar-refractivity contribution in [3.63, 3.8) is 0 Å². The van der Waals surface area contributed by atoms with Gasteiger partial charge in [0.05, 0.1) is 5.60 Å². The number of hydrogen-bond donors (Lipinski definition) is 0. The predicted molar refractivity (Wildman–Crippen MR) is 54.7 cm³/mol. The Hall–Kier alpha value is 0.790. The van der Waals surface area contributed by atoms with Gasteiger partial charge in [0, 0.05) is 11.9 Å². The summed E-state index contributed by atoms with van der Waals surface area (Å²) in [5.74, 6) is 1.21. The van der Waals surface area contributed by atoms with Crippen LogP contribution < -0.4 is 0 Å². The van der Waals surface area contributed by atoms with Gasteiger partial charge in [-0.05, 0) is 31.3 Å². The molecule has 66 valence electrons. The standard InChI is InChI=1S/C8H15BrOS/c1-11-6-4-8(7-9)3-2-5-10-8/h2-7H2,1H3. The molecule has 3 heteroatoms. The van der Waals surface area contributed by atoms with E-state index in [4.69, 9.17) is 4.74 Å². The normalized spacial score (nSPS) is 31.1. The fraction of sp³-hybridized carbons (Fsp3) is 1.00. The van der Waals surface area contributed by atoms with Crippen molar-refractivity contribution in [2.75, 3.05) is 23.9 Å². The van der Waals surface area contributed by atoms with Gasteiger partial charge in [0.2, 0.25) is 0 Å². The van der Waals surface area contributed by atoms with Crippen LogP contribution in [0.1, 0.15) is 19.3 Å². The van der Waals surface area contributed by atoms with E-state index in [0.29, 0.717) is 0 Å². The molecule has 0 aromatic rings. The average molecular weight is 239 g/mol. The lowest BCUT2D eigenvalue weighted by molar-refractivity contribution is 0.0235. The lowest BCUT2D eigenvalue weighted by Gasteiger charge is -2.25.